The fourth-order valence-corrected chi connectivity index (χ4v) is 2.90. The van der Waals surface area contributed by atoms with E-state index in [0.717, 1.165) is 11.3 Å². The minimum atomic E-state index is -0.387. The third-order valence-electron chi connectivity index (χ3n) is 4.20. The van der Waals surface area contributed by atoms with Crippen LogP contribution in [0.2, 0.25) is 0 Å². The highest BCUT2D eigenvalue weighted by Crippen LogP contribution is 2.20. The van der Waals surface area contributed by atoms with E-state index in [2.05, 4.69) is 15.9 Å². The van der Waals surface area contributed by atoms with Gasteiger partial charge in [-0.2, -0.15) is 0 Å². The number of methoxy groups -OCH3 is 1. The average Bonchev–Trinajstić information content (AvgIpc) is 2.67. The lowest BCUT2D eigenvalue weighted by atomic mass is 10.1. The number of aromatic nitrogens is 2. The number of nitrogens with zero attached hydrogens (tertiary/aromatic N) is 2. The number of hydrogen-bond acceptors (Lipinski definition) is 5. The molecular weight excluding hydrogens is 342 g/mol. The predicted octanol–water partition coefficient (Wildman–Crippen LogP) is 2.66. The minimum Gasteiger partial charge on any atom is -0.465 e. The molecule has 1 aromatic heterocycles. The summed E-state index contributed by atoms with van der Waals surface area (Å²) in [5.41, 5.74) is 2.78. The van der Waals surface area contributed by atoms with Crippen molar-refractivity contribution in [1.29, 1.82) is 0 Å². The number of carbonyl (C=O) groups excluding carboxylic acids is 1. The van der Waals surface area contributed by atoms with E-state index in [1.54, 1.807) is 19.1 Å². The van der Waals surface area contributed by atoms with Gasteiger partial charge >= 0.3 is 5.97 Å². The van der Waals surface area contributed by atoms with E-state index in [9.17, 15) is 9.59 Å². The SMILES string of the molecule is C#CCN(Cc1ccc2nc(C)[nH]c(=O)c2c1)c1ccc(C(=O)OC)cc1. The van der Waals surface area contributed by atoms with Crippen molar-refractivity contribution in [2.75, 3.05) is 18.6 Å². The molecule has 3 aromatic rings. The number of carbonyl (C=O) groups is 1. The number of terminal acetylenes is 1. The van der Waals surface area contributed by atoms with Gasteiger partial charge in [0.25, 0.3) is 5.56 Å². The highest BCUT2D eigenvalue weighted by molar-refractivity contribution is 5.89. The lowest BCUT2D eigenvalue weighted by Crippen LogP contribution is -2.23. The molecule has 0 atom stereocenters. The van der Waals surface area contributed by atoms with Crippen LogP contribution in [0.5, 0.6) is 0 Å². The number of hydrogen-bond donors (Lipinski definition) is 1. The molecular formula is C21H19N3O3. The number of H-pyrrole nitrogens is 1. The molecule has 0 unspecified atom stereocenters. The lowest BCUT2D eigenvalue weighted by molar-refractivity contribution is 0.0601. The zero-order valence-electron chi connectivity index (χ0n) is 15.2. The Kier molecular flexibility index (Phi) is 5.23. The van der Waals surface area contributed by atoms with Gasteiger partial charge in [-0.05, 0) is 48.9 Å². The lowest BCUT2D eigenvalue weighted by Gasteiger charge is -2.23. The van der Waals surface area contributed by atoms with Crippen LogP contribution in [0.15, 0.2) is 47.3 Å². The molecule has 1 heterocycles. The van der Waals surface area contributed by atoms with Gasteiger partial charge in [0.15, 0.2) is 0 Å². The van der Waals surface area contributed by atoms with Crippen LogP contribution < -0.4 is 10.5 Å². The predicted molar refractivity (Wildman–Crippen MR) is 105 cm³/mol. The zero-order valence-corrected chi connectivity index (χ0v) is 15.2. The number of esters is 1. The topological polar surface area (TPSA) is 75.3 Å². The molecule has 27 heavy (non-hydrogen) atoms. The van der Waals surface area contributed by atoms with Crippen LogP contribution in [0.4, 0.5) is 5.69 Å². The van der Waals surface area contributed by atoms with Crippen LogP contribution in [0.1, 0.15) is 21.7 Å². The maximum atomic E-state index is 12.2. The normalized spacial score (nSPS) is 10.4. The van der Waals surface area contributed by atoms with Gasteiger partial charge in [0.05, 0.1) is 30.1 Å². The molecule has 6 heteroatoms. The van der Waals surface area contributed by atoms with Crippen molar-refractivity contribution in [1.82, 2.24) is 9.97 Å². The number of aryl methyl sites for hydroxylation is 1. The quantitative estimate of drug-likeness (QED) is 0.559. The number of fused-ring (bicyclic) bond motifs is 1. The van der Waals surface area contributed by atoms with Crippen molar-refractivity contribution in [3.05, 3.63) is 69.8 Å². The van der Waals surface area contributed by atoms with E-state index in [4.69, 9.17) is 11.2 Å². The van der Waals surface area contributed by atoms with E-state index < -0.39 is 0 Å². The maximum Gasteiger partial charge on any atom is 0.337 e. The maximum absolute atomic E-state index is 12.2. The Balaban J connectivity index is 1.90. The summed E-state index contributed by atoms with van der Waals surface area (Å²) >= 11 is 0. The largest absolute Gasteiger partial charge is 0.465 e. The fraction of sp³-hybridized carbons (Fsp3) is 0.190. The van der Waals surface area contributed by atoms with Crippen molar-refractivity contribution >= 4 is 22.6 Å². The summed E-state index contributed by atoms with van der Waals surface area (Å²) in [6.07, 6.45) is 5.52. The zero-order chi connectivity index (χ0) is 19.4. The molecule has 0 aliphatic rings. The minimum absolute atomic E-state index is 0.162. The molecule has 3 rings (SSSR count). The molecule has 0 aliphatic carbocycles. The van der Waals surface area contributed by atoms with Gasteiger partial charge in [0, 0.05) is 12.2 Å². The summed E-state index contributed by atoms with van der Waals surface area (Å²) in [4.78, 5) is 32.8. The smallest absolute Gasteiger partial charge is 0.337 e. The first-order chi connectivity index (χ1) is 13.0. The van der Waals surface area contributed by atoms with Crippen molar-refractivity contribution in [3.63, 3.8) is 0 Å². The summed E-state index contributed by atoms with van der Waals surface area (Å²) in [5, 5.41) is 0.541. The number of anilines is 1. The Bertz CT molecular complexity index is 1080. The molecule has 6 nitrogen and oxygen atoms in total. The van der Waals surface area contributed by atoms with E-state index in [1.165, 1.54) is 7.11 Å². The second-order valence-corrected chi connectivity index (χ2v) is 6.10. The number of benzene rings is 2. The molecule has 0 bridgehead atoms. The van der Waals surface area contributed by atoms with Gasteiger partial charge in [-0.25, -0.2) is 9.78 Å². The fourth-order valence-electron chi connectivity index (χ4n) is 2.90. The number of rotatable bonds is 5. The van der Waals surface area contributed by atoms with E-state index in [1.807, 2.05) is 35.2 Å². The van der Waals surface area contributed by atoms with Crippen molar-refractivity contribution in [3.8, 4) is 12.3 Å². The summed E-state index contributed by atoms with van der Waals surface area (Å²) < 4.78 is 4.72. The average molecular weight is 361 g/mol. The molecule has 2 aromatic carbocycles. The Hall–Kier alpha value is -3.59. The molecule has 1 N–H and O–H groups in total. The Morgan fingerprint density at radius 2 is 2.00 bits per heavy atom. The summed E-state index contributed by atoms with van der Waals surface area (Å²) in [6, 6.07) is 12.6. The second-order valence-electron chi connectivity index (χ2n) is 6.10. The van der Waals surface area contributed by atoms with E-state index >= 15 is 0 Å². The Morgan fingerprint density at radius 1 is 1.26 bits per heavy atom. The van der Waals surface area contributed by atoms with Gasteiger partial charge in [-0.3, -0.25) is 4.79 Å². The van der Waals surface area contributed by atoms with Gasteiger partial charge in [-0.1, -0.05) is 12.0 Å². The highest BCUT2D eigenvalue weighted by atomic mass is 16.5. The van der Waals surface area contributed by atoms with Crippen LogP contribution in [0, 0.1) is 19.3 Å². The van der Waals surface area contributed by atoms with Crippen LogP contribution in [0.25, 0.3) is 10.9 Å². The molecule has 0 saturated carbocycles. The molecule has 0 aliphatic heterocycles. The second kappa shape index (κ2) is 7.75. The standard InChI is InChI=1S/C21H19N3O3/c1-4-11-24(17-8-6-16(7-9-17)21(26)27-3)13-15-5-10-19-18(12-15)20(25)23-14(2)22-19/h1,5-10,12H,11,13H2,2-3H3,(H,22,23,25). The first kappa shape index (κ1) is 18.2. The van der Waals surface area contributed by atoms with Crippen molar-refractivity contribution in [2.24, 2.45) is 0 Å². The van der Waals surface area contributed by atoms with E-state index in [0.29, 0.717) is 35.4 Å². The number of aromatic amines is 1. The van der Waals surface area contributed by atoms with Crippen LogP contribution in [-0.4, -0.2) is 29.6 Å². The van der Waals surface area contributed by atoms with E-state index in [-0.39, 0.29) is 11.5 Å². The first-order valence-corrected chi connectivity index (χ1v) is 8.38. The molecule has 0 amide bonds. The molecule has 136 valence electrons. The van der Waals surface area contributed by atoms with Crippen LogP contribution >= 0.6 is 0 Å². The summed E-state index contributed by atoms with van der Waals surface area (Å²) in [5.74, 6) is 2.84. The molecule has 0 radical (unpaired) electrons. The monoisotopic (exact) mass is 361 g/mol. The number of nitrogens with one attached hydrogen (secondary N) is 1. The van der Waals surface area contributed by atoms with Crippen molar-refractivity contribution < 1.29 is 9.53 Å². The van der Waals surface area contributed by atoms with Gasteiger partial charge in [0.2, 0.25) is 0 Å². The van der Waals surface area contributed by atoms with Crippen LogP contribution in [-0.2, 0) is 11.3 Å². The Morgan fingerprint density at radius 3 is 2.67 bits per heavy atom. The highest BCUT2D eigenvalue weighted by Gasteiger charge is 2.11. The van der Waals surface area contributed by atoms with Gasteiger partial charge in [-0.15, -0.1) is 6.42 Å². The van der Waals surface area contributed by atoms with Gasteiger partial charge < -0.3 is 14.6 Å². The third kappa shape index (κ3) is 3.98. The molecule has 0 spiro atoms. The number of ether oxygens (including phenoxy) is 1. The summed E-state index contributed by atoms with van der Waals surface area (Å²) in [7, 11) is 1.35. The van der Waals surface area contributed by atoms with Crippen LogP contribution in [0.3, 0.4) is 0 Å². The van der Waals surface area contributed by atoms with Crippen molar-refractivity contribution in [2.45, 2.75) is 13.5 Å². The molecule has 0 fully saturated rings. The van der Waals surface area contributed by atoms with Gasteiger partial charge in [0.1, 0.15) is 5.82 Å². The first-order valence-electron chi connectivity index (χ1n) is 8.38. The Labute approximate surface area is 156 Å². The molecule has 0 saturated heterocycles. The summed E-state index contributed by atoms with van der Waals surface area (Å²) in [6.45, 7) is 2.66. The third-order valence-corrected chi connectivity index (χ3v) is 4.20.